The van der Waals surface area contributed by atoms with Crippen LogP contribution >= 0.6 is 0 Å². The van der Waals surface area contributed by atoms with Crippen molar-refractivity contribution in [3.8, 4) is 0 Å². The molecule has 0 aliphatic carbocycles. The van der Waals surface area contributed by atoms with Crippen LogP contribution in [0.1, 0.15) is 15.9 Å². The average Bonchev–Trinajstić information content (AvgIpc) is 2.33. The third-order valence-corrected chi connectivity index (χ3v) is 3.63. The van der Waals surface area contributed by atoms with Crippen molar-refractivity contribution < 1.29 is 26.4 Å². The van der Waals surface area contributed by atoms with Crippen molar-refractivity contribution >= 4 is 21.8 Å². The first kappa shape index (κ1) is 16.5. The van der Waals surface area contributed by atoms with Crippen LogP contribution in [0.15, 0.2) is 18.2 Å². The number of hydrogen-bond acceptors (Lipinski definition) is 4. The minimum absolute atomic E-state index is 0.0660. The second kappa shape index (κ2) is 5.82. The summed E-state index contributed by atoms with van der Waals surface area (Å²) in [4.78, 5) is 12.0. The summed E-state index contributed by atoms with van der Waals surface area (Å²) in [6.45, 7) is 0.0660. The van der Waals surface area contributed by atoms with Crippen LogP contribution in [0.25, 0.3) is 0 Å². The minimum Gasteiger partial charge on any atom is -0.374 e. The summed E-state index contributed by atoms with van der Waals surface area (Å²) in [6.07, 6.45) is -3.44. The zero-order valence-electron chi connectivity index (χ0n) is 10.9. The monoisotopic (exact) mass is 309 g/mol. The van der Waals surface area contributed by atoms with Gasteiger partial charge in [0.1, 0.15) is 9.84 Å². The van der Waals surface area contributed by atoms with Crippen molar-refractivity contribution in [1.29, 1.82) is 0 Å². The highest BCUT2D eigenvalue weighted by Gasteiger charge is 2.33. The molecule has 0 bridgehead atoms. The normalized spacial score (nSPS) is 12.2. The number of carbonyl (C=O) groups is 1. The zero-order valence-corrected chi connectivity index (χ0v) is 11.8. The zero-order chi connectivity index (χ0) is 15.6. The summed E-state index contributed by atoms with van der Waals surface area (Å²) >= 11 is 0. The van der Waals surface area contributed by atoms with Gasteiger partial charge in [-0.3, -0.25) is 4.79 Å². The Morgan fingerprint density at radius 2 is 1.90 bits per heavy atom. The number of alkyl halides is 3. The van der Waals surface area contributed by atoms with Gasteiger partial charge >= 0.3 is 6.18 Å². The van der Waals surface area contributed by atoms with Gasteiger partial charge in [0.2, 0.25) is 0 Å². The standard InChI is InChI=1S/C12H14F3NO3S/c1-16(5-6-20(2,18)19)10-4-3-9(8-17)11(7-10)12(13,14)15/h3-4,7-8H,5-6H2,1-2H3. The maximum atomic E-state index is 12.8. The van der Waals surface area contributed by atoms with Crippen LogP contribution in [-0.2, 0) is 16.0 Å². The lowest BCUT2D eigenvalue weighted by atomic mass is 10.1. The van der Waals surface area contributed by atoms with Crippen LogP contribution in [-0.4, -0.2) is 40.3 Å². The van der Waals surface area contributed by atoms with E-state index in [9.17, 15) is 26.4 Å². The smallest absolute Gasteiger partial charge is 0.374 e. The van der Waals surface area contributed by atoms with Crippen molar-refractivity contribution in [1.82, 2.24) is 0 Å². The Morgan fingerprint density at radius 1 is 1.30 bits per heavy atom. The highest BCUT2D eigenvalue weighted by Crippen LogP contribution is 2.33. The predicted octanol–water partition coefficient (Wildman–Crippen LogP) is 2.00. The van der Waals surface area contributed by atoms with Gasteiger partial charge in [0.15, 0.2) is 6.29 Å². The molecule has 0 unspecified atom stereocenters. The Balaban J connectivity index is 3.06. The molecule has 8 heteroatoms. The number of aldehydes is 1. The molecule has 0 saturated carbocycles. The molecule has 0 amide bonds. The summed E-state index contributed by atoms with van der Waals surface area (Å²) in [6, 6.07) is 3.26. The van der Waals surface area contributed by atoms with Gasteiger partial charge in [-0.25, -0.2) is 8.42 Å². The van der Waals surface area contributed by atoms with E-state index in [1.54, 1.807) is 0 Å². The van der Waals surface area contributed by atoms with Gasteiger partial charge < -0.3 is 4.90 Å². The molecular weight excluding hydrogens is 295 g/mol. The maximum absolute atomic E-state index is 12.8. The summed E-state index contributed by atoms with van der Waals surface area (Å²) < 4.78 is 60.4. The highest BCUT2D eigenvalue weighted by molar-refractivity contribution is 7.90. The fourth-order valence-corrected chi connectivity index (χ4v) is 2.17. The number of nitrogens with zero attached hydrogens (tertiary/aromatic N) is 1. The fraction of sp³-hybridized carbons (Fsp3) is 0.417. The van der Waals surface area contributed by atoms with Crippen LogP contribution in [0, 0.1) is 0 Å². The van der Waals surface area contributed by atoms with Crippen molar-refractivity contribution in [2.45, 2.75) is 6.18 Å². The Kier molecular flexibility index (Phi) is 4.80. The van der Waals surface area contributed by atoms with Gasteiger partial charge in [0, 0.05) is 31.1 Å². The first-order valence-corrected chi connectivity index (χ1v) is 7.66. The van der Waals surface area contributed by atoms with Crippen molar-refractivity contribution in [3.05, 3.63) is 29.3 Å². The average molecular weight is 309 g/mol. The van der Waals surface area contributed by atoms with Crippen molar-refractivity contribution in [2.24, 2.45) is 0 Å². The number of anilines is 1. The molecule has 0 aromatic heterocycles. The fourth-order valence-electron chi connectivity index (χ4n) is 1.56. The summed E-state index contributed by atoms with van der Waals surface area (Å²) in [5.41, 5.74) is -1.28. The van der Waals surface area contributed by atoms with Gasteiger partial charge in [-0.05, 0) is 18.2 Å². The number of rotatable bonds is 5. The molecule has 0 fully saturated rings. The van der Waals surface area contributed by atoms with E-state index in [0.29, 0.717) is 0 Å². The number of carbonyl (C=O) groups excluding carboxylic acids is 1. The van der Waals surface area contributed by atoms with Gasteiger partial charge in [-0.2, -0.15) is 13.2 Å². The van der Waals surface area contributed by atoms with E-state index in [4.69, 9.17) is 0 Å². The Morgan fingerprint density at radius 3 is 2.35 bits per heavy atom. The first-order chi connectivity index (χ1) is 9.04. The van der Waals surface area contributed by atoms with Crippen LogP contribution in [0.3, 0.4) is 0 Å². The van der Waals surface area contributed by atoms with Gasteiger partial charge in [-0.1, -0.05) is 0 Å². The topological polar surface area (TPSA) is 54.5 Å². The van der Waals surface area contributed by atoms with Crippen LogP contribution in [0.5, 0.6) is 0 Å². The molecule has 20 heavy (non-hydrogen) atoms. The minimum atomic E-state index is -4.63. The van der Waals surface area contributed by atoms with Gasteiger partial charge in [-0.15, -0.1) is 0 Å². The Labute approximate surface area is 115 Å². The molecule has 0 radical (unpaired) electrons. The van der Waals surface area contributed by atoms with Crippen LogP contribution in [0.4, 0.5) is 18.9 Å². The molecule has 1 aromatic rings. The van der Waals surface area contributed by atoms with E-state index < -0.39 is 27.1 Å². The third-order valence-electron chi connectivity index (χ3n) is 2.71. The van der Waals surface area contributed by atoms with E-state index in [1.165, 1.54) is 18.0 Å². The lowest BCUT2D eigenvalue weighted by Gasteiger charge is -2.20. The number of halogens is 3. The van der Waals surface area contributed by atoms with E-state index in [1.807, 2.05) is 0 Å². The molecule has 112 valence electrons. The number of sulfone groups is 1. The van der Waals surface area contributed by atoms with E-state index in [0.717, 1.165) is 18.4 Å². The SMILES string of the molecule is CN(CCS(C)(=O)=O)c1ccc(C=O)c(C(F)(F)F)c1. The van der Waals surface area contributed by atoms with E-state index in [-0.39, 0.29) is 24.3 Å². The Hall–Kier alpha value is -1.57. The largest absolute Gasteiger partial charge is 0.417 e. The predicted molar refractivity (Wildman–Crippen MR) is 69.8 cm³/mol. The molecule has 0 N–H and O–H groups in total. The van der Waals surface area contributed by atoms with Crippen molar-refractivity contribution in [2.75, 3.05) is 30.5 Å². The lowest BCUT2D eigenvalue weighted by molar-refractivity contribution is -0.137. The summed E-state index contributed by atoms with van der Waals surface area (Å²) in [7, 11) is -1.71. The quantitative estimate of drug-likeness (QED) is 0.781. The molecule has 0 aliphatic rings. The molecule has 0 heterocycles. The number of hydrogen-bond donors (Lipinski definition) is 0. The van der Waals surface area contributed by atoms with Crippen LogP contribution < -0.4 is 4.90 Å². The maximum Gasteiger partial charge on any atom is 0.417 e. The van der Waals surface area contributed by atoms with Gasteiger partial charge in [0.25, 0.3) is 0 Å². The molecule has 0 atom stereocenters. The van der Waals surface area contributed by atoms with Crippen LogP contribution in [0.2, 0.25) is 0 Å². The molecule has 4 nitrogen and oxygen atoms in total. The third kappa shape index (κ3) is 4.52. The molecule has 1 aromatic carbocycles. The number of benzene rings is 1. The first-order valence-electron chi connectivity index (χ1n) is 5.60. The second-order valence-electron chi connectivity index (χ2n) is 4.44. The molecule has 0 spiro atoms. The van der Waals surface area contributed by atoms with E-state index in [2.05, 4.69) is 0 Å². The highest BCUT2D eigenvalue weighted by atomic mass is 32.2. The van der Waals surface area contributed by atoms with Crippen molar-refractivity contribution in [3.63, 3.8) is 0 Å². The summed E-state index contributed by atoms with van der Waals surface area (Å²) in [5.74, 6) is -0.166. The molecular formula is C12H14F3NO3S. The lowest BCUT2D eigenvalue weighted by Crippen LogP contribution is -2.25. The van der Waals surface area contributed by atoms with Gasteiger partial charge in [0.05, 0.1) is 11.3 Å². The molecule has 0 aliphatic heterocycles. The Bertz CT molecular complexity index is 596. The van der Waals surface area contributed by atoms with E-state index >= 15 is 0 Å². The molecule has 1 rings (SSSR count). The molecule has 0 saturated heterocycles. The second-order valence-corrected chi connectivity index (χ2v) is 6.70. The summed E-state index contributed by atoms with van der Waals surface area (Å²) in [5, 5.41) is 0.